The van der Waals surface area contributed by atoms with E-state index in [-0.39, 0.29) is 5.75 Å². The first kappa shape index (κ1) is 14.1. The van der Waals surface area contributed by atoms with Gasteiger partial charge in [0.25, 0.3) is 0 Å². The van der Waals surface area contributed by atoms with Gasteiger partial charge in [-0.3, -0.25) is 4.99 Å². The summed E-state index contributed by atoms with van der Waals surface area (Å²) >= 11 is 0. The standard InChI is InChI=1S/C17H19NO2/c1-4-20-16-7-5-15(6-8-16)18-11-14-10-12(2)9-13(3)17(14)19/h5-11,19H,4H2,1-3H3. The molecule has 0 heterocycles. The second-order valence-corrected chi connectivity index (χ2v) is 4.70. The van der Waals surface area contributed by atoms with E-state index in [9.17, 15) is 5.11 Å². The van der Waals surface area contributed by atoms with Crippen molar-refractivity contribution in [2.75, 3.05) is 6.61 Å². The molecular formula is C17H19NO2. The Morgan fingerprint density at radius 3 is 2.50 bits per heavy atom. The highest BCUT2D eigenvalue weighted by molar-refractivity contribution is 5.86. The first-order valence-electron chi connectivity index (χ1n) is 6.67. The highest BCUT2D eigenvalue weighted by atomic mass is 16.5. The van der Waals surface area contributed by atoms with Gasteiger partial charge < -0.3 is 9.84 Å². The van der Waals surface area contributed by atoms with E-state index in [1.54, 1.807) is 6.21 Å². The average molecular weight is 269 g/mol. The lowest BCUT2D eigenvalue weighted by Gasteiger charge is -2.05. The molecule has 104 valence electrons. The van der Waals surface area contributed by atoms with E-state index in [2.05, 4.69) is 4.99 Å². The Bertz CT molecular complexity index is 616. The molecule has 3 nitrogen and oxygen atoms in total. The van der Waals surface area contributed by atoms with Crippen molar-refractivity contribution >= 4 is 11.9 Å². The molecular weight excluding hydrogens is 250 g/mol. The molecule has 3 heteroatoms. The van der Waals surface area contributed by atoms with Crippen LogP contribution >= 0.6 is 0 Å². The fourth-order valence-electron chi connectivity index (χ4n) is 2.03. The lowest BCUT2D eigenvalue weighted by atomic mass is 10.1. The first-order valence-corrected chi connectivity index (χ1v) is 6.67. The van der Waals surface area contributed by atoms with Crippen molar-refractivity contribution in [3.8, 4) is 11.5 Å². The Labute approximate surface area is 119 Å². The minimum Gasteiger partial charge on any atom is -0.507 e. The number of hydrogen-bond donors (Lipinski definition) is 1. The summed E-state index contributed by atoms with van der Waals surface area (Å²) in [4.78, 5) is 4.38. The Hall–Kier alpha value is -2.29. The Balaban J connectivity index is 2.21. The summed E-state index contributed by atoms with van der Waals surface area (Å²) in [5.74, 6) is 1.12. The van der Waals surface area contributed by atoms with Gasteiger partial charge in [0.1, 0.15) is 11.5 Å². The van der Waals surface area contributed by atoms with Gasteiger partial charge in [0.05, 0.1) is 12.3 Å². The molecule has 2 rings (SSSR count). The van der Waals surface area contributed by atoms with Crippen LogP contribution in [-0.4, -0.2) is 17.9 Å². The van der Waals surface area contributed by atoms with Crippen LogP contribution in [0.2, 0.25) is 0 Å². The van der Waals surface area contributed by atoms with Crippen molar-refractivity contribution in [2.45, 2.75) is 20.8 Å². The third-order valence-corrected chi connectivity index (χ3v) is 2.97. The second-order valence-electron chi connectivity index (χ2n) is 4.70. The molecule has 0 aliphatic heterocycles. The van der Waals surface area contributed by atoms with Crippen molar-refractivity contribution in [1.29, 1.82) is 0 Å². The first-order chi connectivity index (χ1) is 9.60. The molecule has 0 aromatic heterocycles. The topological polar surface area (TPSA) is 41.8 Å². The van der Waals surface area contributed by atoms with Crippen molar-refractivity contribution in [3.63, 3.8) is 0 Å². The minimum atomic E-state index is 0.283. The number of nitrogens with zero attached hydrogens (tertiary/aromatic N) is 1. The van der Waals surface area contributed by atoms with Gasteiger partial charge in [-0.1, -0.05) is 6.07 Å². The van der Waals surface area contributed by atoms with Crippen molar-refractivity contribution in [2.24, 2.45) is 4.99 Å². The number of phenolic OH excluding ortho intramolecular Hbond substituents is 1. The molecule has 0 radical (unpaired) electrons. The highest BCUT2D eigenvalue weighted by Gasteiger charge is 2.03. The van der Waals surface area contributed by atoms with Crippen LogP contribution in [0.15, 0.2) is 41.4 Å². The summed E-state index contributed by atoms with van der Waals surface area (Å²) in [5, 5.41) is 10.0. The molecule has 0 spiro atoms. The summed E-state index contributed by atoms with van der Waals surface area (Å²) < 4.78 is 5.38. The molecule has 20 heavy (non-hydrogen) atoms. The van der Waals surface area contributed by atoms with E-state index in [0.717, 1.165) is 28.1 Å². The number of rotatable bonds is 4. The number of hydrogen-bond acceptors (Lipinski definition) is 3. The molecule has 0 atom stereocenters. The van der Waals surface area contributed by atoms with Crippen LogP contribution in [0.5, 0.6) is 11.5 Å². The Morgan fingerprint density at radius 1 is 1.15 bits per heavy atom. The number of phenols is 1. The van der Waals surface area contributed by atoms with E-state index in [1.807, 2.05) is 57.2 Å². The van der Waals surface area contributed by atoms with Gasteiger partial charge in [0.2, 0.25) is 0 Å². The summed E-state index contributed by atoms with van der Waals surface area (Å²) in [5.41, 5.74) is 3.52. The van der Waals surface area contributed by atoms with E-state index in [0.29, 0.717) is 6.61 Å². The van der Waals surface area contributed by atoms with Crippen molar-refractivity contribution in [3.05, 3.63) is 53.1 Å². The number of aryl methyl sites for hydroxylation is 2. The predicted octanol–water partition coefficient (Wildman–Crippen LogP) is 4.16. The van der Waals surface area contributed by atoms with Crippen molar-refractivity contribution < 1.29 is 9.84 Å². The molecule has 0 amide bonds. The lowest BCUT2D eigenvalue weighted by molar-refractivity contribution is 0.340. The van der Waals surface area contributed by atoms with Gasteiger partial charge in [-0.2, -0.15) is 0 Å². The van der Waals surface area contributed by atoms with Gasteiger partial charge in [-0.25, -0.2) is 0 Å². The Kier molecular flexibility index (Phi) is 4.41. The van der Waals surface area contributed by atoms with Gasteiger partial charge in [-0.05, 0) is 62.2 Å². The van der Waals surface area contributed by atoms with Crippen molar-refractivity contribution in [1.82, 2.24) is 0 Å². The van der Waals surface area contributed by atoms with Crippen LogP contribution in [0.4, 0.5) is 5.69 Å². The molecule has 2 aromatic carbocycles. The fourth-order valence-corrected chi connectivity index (χ4v) is 2.03. The predicted molar refractivity (Wildman–Crippen MR) is 82.4 cm³/mol. The summed E-state index contributed by atoms with van der Waals surface area (Å²) in [6.07, 6.45) is 1.69. The van der Waals surface area contributed by atoms with Gasteiger partial charge >= 0.3 is 0 Å². The number of aromatic hydroxyl groups is 1. The fraction of sp³-hybridized carbons (Fsp3) is 0.235. The van der Waals surface area contributed by atoms with Crippen LogP contribution in [0.25, 0.3) is 0 Å². The van der Waals surface area contributed by atoms with Crippen LogP contribution in [0.1, 0.15) is 23.6 Å². The van der Waals surface area contributed by atoms with Gasteiger partial charge in [-0.15, -0.1) is 0 Å². The number of benzene rings is 2. The smallest absolute Gasteiger partial charge is 0.127 e. The molecule has 0 fully saturated rings. The van der Waals surface area contributed by atoms with E-state index in [4.69, 9.17) is 4.74 Å². The van der Waals surface area contributed by atoms with E-state index in [1.165, 1.54) is 0 Å². The third kappa shape index (κ3) is 3.38. The normalized spacial score (nSPS) is 10.9. The molecule has 0 saturated carbocycles. The molecule has 0 aliphatic carbocycles. The molecule has 0 aliphatic rings. The SMILES string of the molecule is CCOc1ccc(N=Cc2cc(C)cc(C)c2O)cc1. The van der Waals surface area contributed by atoms with Crippen LogP contribution < -0.4 is 4.74 Å². The monoisotopic (exact) mass is 269 g/mol. The van der Waals surface area contributed by atoms with E-state index < -0.39 is 0 Å². The zero-order chi connectivity index (χ0) is 14.5. The molecule has 1 N–H and O–H groups in total. The zero-order valence-corrected chi connectivity index (χ0v) is 12.1. The summed E-state index contributed by atoms with van der Waals surface area (Å²) in [6.45, 7) is 6.49. The van der Waals surface area contributed by atoms with Gasteiger partial charge in [0.15, 0.2) is 0 Å². The van der Waals surface area contributed by atoms with Crippen LogP contribution in [0, 0.1) is 13.8 Å². The zero-order valence-electron chi connectivity index (χ0n) is 12.1. The summed E-state index contributed by atoms with van der Waals surface area (Å²) in [7, 11) is 0. The van der Waals surface area contributed by atoms with Crippen LogP contribution in [-0.2, 0) is 0 Å². The van der Waals surface area contributed by atoms with E-state index >= 15 is 0 Å². The number of ether oxygens (including phenoxy) is 1. The maximum Gasteiger partial charge on any atom is 0.127 e. The molecule has 0 unspecified atom stereocenters. The second kappa shape index (κ2) is 6.24. The van der Waals surface area contributed by atoms with Gasteiger partial charge in [0, 0.05) is 11.8 Å². The minimum absolute atomic E-state index is 0.283. The lowest BCUT2D eigenvalue weighted by Crippen LogP contribution is -1.90. The molecule has 0 bridgehead atoms. The van der Waals surface area contributed by atoms with Crippen LogP contribution in [0.3, 0.4) is 0 Å². The maximum atomic E-state index is 10.0. The number of aliphatic imine (C=N–C) groups is 1. The quantitative estimate of drug-likeness (QED) is 0.847. The summed E-state index contributed by atoms with van der Waals surface area (Å²) in [6, 6.07) is 11.4. The third-order valence-electron chi connectivity index (χ3n) is 2.97. The largest absolute Gasteiger partial charge is 0.507 e. The average Bonchev–Trinajstić information content (AvgIpc) is 2.43. The molecule has 2 aromatic rings. The maximum absolute atomic E-state index is 10.0. The Morgan fingerprint density at radius 2 is 1.85 bits per heavy atom. The highest BCUT2D eigenvalue weighted by Crippen LogP contribution is 2.23. The molecule has 0 saturated heterocycles.